The minimum Gasteiger partial charge on any atom is -0.344 e. The normalized spacial score (nSPS) is 57.1. The molecule has 3 heterocycles. The lowest BCUT2D eigenvalue weighted by molar-refractivity contribution is -0.272. The third-order valence-electron chi connectivity index (χ3n) is 5.81. The van der Waals surface area contributed by atoms with Crippen LogP contribution in [0.4, 0.5) is 0 Å². The van der Waals surface area contributed by atoms with Crippen LogP contribution in [0.2, 0.25) is 0 Å². The van der Waals surface area contributed by atoms with Gasteiger partial charge in [-0.05, 0) is 17.5 Å². The van der Waals surface area contributed by atoms with Gasteiger partial charge in [-0.25, -0.2) is 0 Å². The highest BCUT2D eigenvalue weighted by molar-refractivity contribution is 5.38. The van der Waals surface area contributed by atoms with Gasteiger partial charge in [0, 0.05) is 23.7 Å². The molecular weight excluding hydrogens is 228 g/mol. The Balaban J connectivity index is 1.68. The van der Waals surface area contributed by atoms with Gasteiger partial charge in [-0.15, -0.1) is 0 Å². The molecule has 92 valence electrons. The van der Waals surface area contributed by atoms with Crippen LogP contribution >= 0.6 is 0 Å². The van der Waals surface area contributed by atoms with Gasteiger partial charge in [0.25, 0.3) is 0 Å². The Hall–Kier alpha value is -0.900. The Labute approximate surface area is 105 Å². The van der Waals surface area contributed by atoms with Gasteiger partial charge in [0.2, 0.25) is 0 Å². The second-order valence-corrected chi connectivity index (χ2v) is 6.33. The molecule has 3 heteroatoms. The van der Waals surface area contributed by atoms with Crippen molar-refractivity contribution in [1.29, 1.82) is 0 Å². The maximum atomic E-state index is 6.21. The molecule has 6 rings (SSSR count). The topological polar surface area (TPSA) is 27.7 Å². The minimum absolute atomic E-state index is 0.0154. The number of ether oxygens (including phenoxy) is 3. The highest BCUT2D eigenvalue weighted by Gasteiger charge is 2.69. The van der Waals surface area contributed by atoms with E-state index in [0.29, 0.717) is 23.7 Å². The lowest BCUT2D eigenvalue weighted by Crippen LogP contribution is -2.35. The number of rotatable bonds is 0. The van der Waals surface area contributed by atoms with E-state index < -0.39 is 0 Å². The molecule has 3 aliphatic heterocycles. The molecule has 0 amide bonds. The summed E-state index contributed by atoms with van der Waals surface area (Å²) < 4.78 is 18.4. The molecule has 1 aromatic rings. The first-order valence-corrected chi connectivity index (χ1v) is 6.97. The van der Waals surface area contributed by atoms with Crippen LogP contribution in [0.15, 0.2) is 24.3 Å². The van der Waals surface area contributed by atoms with Gasteiger partial charge in [-0.1, -0.05) is 24.3 Å². The maximum Gasteiger partial charge on any atom is 0.164 e. The van der Waals surface area contributed by atoms with Crippen LogP contribution in [-0.4, -0.2) is 12.6 Å². The van der Waals surface area contributed by atoms with Gasteiger partial charge >= 0.3 is 0 Å². The van der Waals surface area contributed by atoms with Crippen molar-refractivity contribution in [2.45, 2.75) is 31.2 Å². The standard InChI is InChI=1S/C15H14O3/c1-2-4-7-6(3-1)12-10-8-5-9-11(10)13(7)17-15(9)18-14(8)16-12/h1-4,8-15H,5H2/t8-,9+,10-,11-,12+,13-,14-,15+/m1/s1. The van der Waals surface area contributed by atoms with Gasteiger partial charge < -0.3 is 14.2 Å². The third kappa shape index (κ3) is 0.778. The summed E-state index contributed by atoms with van der Waals surface area (Å²) in [5.74, 6) is 2.49. The lowest BCUT2D eigenvalue weighted by Gasteiger charge is -2.35. The van der Waals surface area contributed by atoms with Gasteiger partial charge in [-0.3, -0.25) is 0 Å². The fraction of sp³-hybridized carbons (Fsp3) is 0.600. The third-order valence-corrected chi connectivity index (χ3v) is 5.81. The first kappa shape index (κ1) is 9.08. The van der Waals surface area contributed by atoms with Crippen LogP contribution in [0.3, 0.4) is 0 Å². The van der Waals surface area contributed by atoms with Crippen molar-refractivity contribution in [2.75, 3.05) is 0 Å². The van der Waals surface area contributed by atoms with E-state index in [9.17, 15) is 0 Å². The first-order chi connectivity index (χ1) is 8.92. The van der Waals surface area contributed by atoms with Gasteiger partial charge in [0.05, 0.1) is 12.2 Å². The predicted octanol–water partition coefficient (Wildman–Crippen LogP) is 2.39. The molecule has 0 N–H and O–H groups in total. The van der Waals surface area contributed by atoms with Gasteiger partial charge in [0.15, 0.2) is 12.6 Å². The average Bonchev–Trinajstić information content (AvgIpc) is 3.04. The highest BCUT2D eigenvalue weighted by atomic mass is 16.8. The Morgan fingerprint density at radius 3 is 1.89 bits per heavy atom. The summed E-state index contributed by atoms with van der Waals surface area (Å²) in [6.07, 6.45) is 1.72. The molecule has 0 spiro atoms. The Kier molecular flexibility index (Phi) is 1.34. The number of hydrogen-bond donors (Lipinski definition) is 0. The molecule has 3 saturated heterocycles. The molecule has 0 aromatic heterocycles. The summed E-state index contributed by atoms with van der Waals surface area (Å²) in [6, 6.07) is 8.65. The molecule has 2 bridgehead atoms. The predicted molar refractivity (Wildman–Crippen MR) is 61.3 cm³/mol. The molecule has 18 heavy (non-hydrogen) atoms. The Morgan fingerprint density at radius 1 is 0.778 bits per heavy atom. The molecule has 8 atom stereocenters. The summed E-state index contributed by atoms with van der Waals surface area (Å²) >= 11 is 0. The second-order valence-electron chi connectivity index (χ2n) is 6.33. The molecule has 4 fully saturated rings. The van der Waals surface area contributed by atoms with Gasteiger partial charge in [-0.2, -0.15) is 0 Å². The lowest BCUT2D eigenvalue weighted by atomic mass is 9.72. The quantitative estimate of drug-likeness (QED) is 0.699. The van der Waals surface area contributed by atoms with E-state index in [2.05, 4.69) is 24.3 Å². The molecule has 0 radical (unpaired) electrons. The second kappa shape index (κ2) is 2.67. The first-order valence-electron chi connectivity index (χ1n) is 6.97. The van der Waals surface area contributed by atoms with Crippen LogP contribution in [0, 0.1) is 23.7 Å². The van der Waals surface area contributed by atoms with E-state index in [-0.39, 0.29) is 24.8 Å². The van der Waals surface area contributed by atoms with Crippen molar-refractivity contribution in [1.82, 2.24) is 0 Å². The monoisotopic (exact) mass is 242 g/mol. The molecule has 3 nitrogen and oxygen atoms in total. The smallest absolute Gasteiger partial charge is 0.164 e. The summed E-state index contributed by atoms with van der Waals surface area (Å²) in [4.78, 5) is 0. The van der Waals surface area contributed by atoms with E-state index in [1.165, 1.54) is 17.5 Å². The van der Waals surface area contributed by atoms with E-state index in [0.717, 1.165) is 0 Å². The summed E-state index contributed by atoms with van der Waals surface area (Å²) in [5, 5.41) is 0. The molecule has 5 aliphatic rings. The fourth-order valence-corrected chi connectivity index (χ4v) is 5.30. The largest absolute Gasteiger partial charge is 0.344 e. The summed E-state index contributed by atoms with van der Waals surface area (Å²) in [7, 11) is 0. The SMILES string of the molecule is c1ccc2c(c1)[C@H]1O[C@H]3O[C@H]4O[C@@H]2[C@@H]2[C@H]4C[C@H]3[C@H]21. The van der Waals surface area contributed by atoms with E-state index >= 15 is 0 Å². The van der Waals surface area contributed by atoms with Crippen LogP contribution in [0.5, 0.6) is 0 Å². The number of hydrogen-bond acceptors (Lipinski definition) is 3. The van der Waals surface area contributed by atoms with Crippen molar-refractivity contribution in [3.05, 3.63) is 35.4 Å². The van der Waals surface area contributed by atoms with Crippen LogP contribution in [0.1, 0.15) is 29.8 Å². The zero-order chi connectivity index (χ0) is 11.4. The highest BCUT2D eigenvalue weighted by Crippen LogP contribution is 2.70. The van der Waals surface area contributed by atoms with Crippen molar-refractivity contribution in [2.24, 2.45) is 23.7 Å². The number of benzene rings is 1. The Morgan fingerprint density at radius 2 is 1.33 bits per heavy atom. The van der Waals surface area contributed by atoms with Crippen molar-refractivity contribution < 1.29 is 14.2 Å². The molecule has 1 saturated carbocycles. The maximum absolute atomic E-state index is 6.21. The Bertz CT molecular complexity index is 509. The van der Waals surface area contributed by atoms with E-state index in [1.807, 2.05) is 0 Å². The molecular formula is C15H14O3. The zero-order valence-electron chi connectivity index (χ0n) is 9.86. The van der Waals surface area contributed by atoms with Crippen molar-refractivity contribution in [3.63, 3.8) is 0 Å². The zero-order valence-corrected chi connectivity index (χ0v) is 9.86. The fourth-order valence-electron chi connectivity index (χ4n) is 5.30. The average molecular weight is 242 g/mol. The minimum atomic E-state index is -0.0154. The van der Waals surface area contributed by atoms with Crippen LogP contribution < -0.4 is 0 Å². The van der Waals surface area contributed by atoms with Crippen LogP contribution in [-0.2, 0) is 14.2 Å². The molecule has 0 unspecified atom stereocenters. The molecule has 2 aliphatic carbocycles. The van der Waals surface area contributed by atoms with Crippen molar-refractivity contribution >= 4 is 0 Å². The van der Waals surface area contributed by atoms with Gasteiger partial charge in [0.1, 0.15) is 0 Å². The van der Waals surface area contributed by atoms with E-state index in [1.54, 1.807) is 0 Å². The number of fused-ring (bicyclic) bond motifs is 3. The summed E-state index contributed by atoms with van der Waals surface area (Å²) in [6.45, 7) is 0. The van der Waals surface area contributed by atoms with Crippen molar-refractivity contribution in [3.8, 4) is 0 Å². The molecule has 1 aromatic carbocycles. The van der Waals surface area contributed by atoms with E-state index in [4.69, 9.17) is 14.2 Å². The summed E-state index contributed by atoms with van der Waals surface area (Å²) in [5.41, 5.74) is 2.70. The van der Waals surface area contributed by atoms with Crippen LogP contribution in [0.25, 0.3) is 0 Å².